The van der Waals surface area contributed by atoms with E-state index in [1.165, 1.54) is 0 Å². The zero-order chi connectivity index (χ0) is 18.8. The van der Waals surface area contributed by atoms with E-state index in [9.17, 15) is 9.59 Å². The Bertz CT molecular complexity index is 1010. The number of hydrogen-bond acceptors (Lipinski definition) is 4. The van der Waals surface area contributed by atoms with E-state index in [0.717, 1.165) is 23.9 Å². The molecule has 0 aliphatic carbocycles. The molecule has 0 radical (unpaired) electrons. The molecule has 6 heteroatoms. The second kappa shape index (κ2) is 7.15. The highest BCUT2D eigenvalue weighted by Gasteiger charge is 2.20. The van der Waals surface area contributed by atoms with Crippen molar-refractivity contribution in [2.75, 3.05) is 23.9 Å². The Labute approximate surface area is 156 Å². The van der Waals surface area contributed by atoms with Gasteiger partial charge in [-0.2, -0.15) is 0 Å². The largest absolute Gasteiger partial charge is 0.493 e. The standard InChI is InChI=1S/C21H20N2O4/c1-26-17-9-4-6-14-12-18(27-20(14)17)21(25)22-15-7-5-8-16(13-15)23-11-3-2-10-19(23)24/h4-9,12-13H,2-3,10-11H2,1H3,(H,22,25). The zero-order valence-corrected chi connectivity index (χ0v) is 15.0. The number of fused-ring (bicyclic) bond motifs is 1. The van der Waals surface area contributed by atoms with E-state index in [1.807, 2.05) is 30.3 Å². The summed E-state index contributed by atoms with van der Waals surface area (Å²) in [5, 5.41) is 3.64. The molecule has 27 heavy (non-hydrogen) atoms. The molecule has 1 aliphatic heterocycles. The lowest BCUT2D eigenvalue weighted by Crippen LogP contribution is -2.35. The summed E-state index contributed by atoms with van der Waals surface area (Å²) in [5.41, 5.74) is 1.95. The van der Waals surface area contributed by atoms with Crippen LogP contribution in [0, 0.1) is 0 Å². The summed E-state index contributed by atoms with van der Waals surface area (Å²) in [6.45, 7) is 0.708. The Kier molecular flexibility index (Phi) is 4.54. The minimum absolute atomic E-state index is 0.120. The van der Waals surface area contributed by atoms with Crippen LogP contribution in [0.2, 0.25) is 0 Å². The van der Waals surface area contributed by atoms with E-state index < -0.39 is 0 Å². The van der Waals surface area contributed by atoms with Crippen molar-refractivity contribution in [2.45, 2.75) is 19.3 Å². The SMILES string of the molecule is COc1cccc2cc(C(=O)Nc3cccc(N4CCCCC4=O)c3)oc12. The number of anilines is 2. The quantitative estimate of drug-likeness (QED) is 0.753. The number of piperidine rings is 1. The average Bonchev–Trinajstić information content (AvgIpc) is 3.13. The molecule has 0 saturated carbocycles. The van der Waals surface area contributed by atoms with Crippen LogP contribution < -0.4 is 15.0 Å². The predicted molar refractivity (Wildman–Crippen MR) is 103 cm³/mol. The van der Waals surface area contributed by atoms with Gasteiger partial charge in [-0.05, 0) is 43.2 Å². The highest BCUT2D eigenvalue weighted by molar-refractivity contribution is 6.05. The minimum atomic E-state index is -0.352. The van der Waals surface area contributed by atoms with Crippen molar-refractivity contribution in [2.24, 2.45) is 0 Å². The molecule has 1 N–H and O–H groups in total. The van der Waals surface area contributed by atoms with Gasteiger partial charge in [-0.25, -0.2) is 0 Å². The van der Waals surface area contributed by atoms with E-state index in [4.69, 9.17) is 9.15 Å². The molecule has 6 nitrogen and oxygen atoms in total. The summed E-state index contributed by atoms with van der Waals surface area (Å²) in [7, 11) is 1.56. The lowest BCUT2D eigenvalue weighted by molar-refractivity contribution is -0.119. The van der Waals surface area contributed by atoms with Crippen LogP contribution in [0.15, 0.2) is 52.9 Å². The summed E-state index contributed by atoms with van der Waals surface area (Å²) >= 11 is 0. The van der Waals surface area contributed by atoms with Crippen LogP contribution in [0.4, 0.5) is 11.4 Å². The third-order valence-electron chi connectivity index (χ3n) is 4.69. The topological polar surface area (TPSA) is 71.8 Å². The third-order valence-corrected chi connectivity index (χ3v) is 4.69. The van der Waals surface area contributed by atoms with Gasteiger partial charge in [-0.15, -0.1) is 0 Å². The van der Waals surface area contributed by atoms with Gasteiger partial charge < -0.3 is 19.4 Å². The van der Waals surface area contributed by atoms with Crippen LogP contribution >= 0.6 is 0 Å². The molecule has 1 aliphatic rings. The third kappa shape index (κ3) is 3.38. The van der Waals surface area contributed by atoms with Crippen molar-refractivity contribution < 1.29 is 18.7 Å². The number of benzene rings is 2. The van der Waals surface area contributed by atoms with Crippen molar-refractivity contribution in [1.29, 1.82) is 0 Å². The van der Waals surface area contributed by atoms with Gasteiger partial charge in [-0.1, -0.05) is 18.2 Å². The molecular formula is C21H20N2O4. The van der Waals surface area contributed by atoms with Crippen LogP contribution in [0.3, 0.4) is 0 Å². The van der Waals surface area contributed by atoms with E-state index >= 15 is 0 Å². The first-order valence-corrected chi connectivity index (χ1v) is 8.94. The molecule has 4 rings (SSSR count). The first kappa shape index (κ1) is 17.1. The number of methoxy groups -OCH3 is 1. The molecule has 2 amide bonds. The van der Waals surface area contributed by atoms with Gasteiger partial charge in [0.25, 0.3) is 5.91 Å². The second-order valence-electron chi connectivity index (χ2n) is 6.50. The predicted octanol–water partition coefficient (Wildman–Crippen LogP) is 4.21. The first-order chi connectivity index (χ1) is 13.2. The maximum atomic E-state index is 12.6. The number of ether oxygens (including phenoxy) is 1. The van der Waals surface area contributed by atoms with E-state index in [1.54, 1.807) is 30.2 Å². The second-order valence-corrected chi connectivity index (χ2v) is 6.50. The van der Waals surface area contributed by atoms with Crippen LogP contribution in [-0.4, -0.2) is 25.5 Å². The summed E-state index contributed by atoms with van der Waals surface area (Å²) in [4.78, 5) is 26.5. The van der Waals surface area contributed by atoms with Crippen LogP contribution in [0.1, 0.15) is 29.8 Å². The van der Waals surface area contributed by atoms with Crippen molar-refractivity contribution in [1.82, 2.24) is 0 Å². The number of hydrogen-bond donors (Lipinski definition) is 1. The van der Waals surface area contributed by atoms with Gasteiger partial charge in [0, 0.05) is 29.7 Å². The number of amides is 2. The highest BCUT2D eigenvalue weighted by Crippen LogP contribution is 2.29. The van der Waals surface area contributed by atoms with Gasteiger partial charge in [0.1, 0.15) is 0 Å². The average molecular weight is 364 g/mol. The van der Waals surface area contributed by atoms with Crippen molar-refractivity contribution >= 4 is 34.2 Å². The lowest BCUT2D eigenvalue weighted by Gasteiger charge is -2.27. The van der Waals surface area contributed by atoms with Crippen LogP contribution in [0.5, 0.6) is 5.75 Å². The van der Waals surface area contributed by atoms with E-state index in [0.29, 0.717) is 30.0 Å². The molecular weight excluding hydrogens is 344 g/mol. The smallest absolute Gasteiger partial charge is 0.291 e. The maximum Gasteiger partial charge on any atom is 0.291 e. The Balaban J connectivity index is 1.56. The fraction of sp³-hybridized carbons (Fsp3) is 0.238. The molecule has 1 aromatic heterocycles. The molecule has 0 spiro atoms. The Hall–Kier alpha value is -3.28. The van der Waals surface area contributed by atoms with Gasteiger partial charge in [-0.3, -0.25) is 9.59 Å². The molecule has 0 atom stereocenters. The first-order valence-electron chi connectivity index (χ1n) is 8.94. The Morgan fingerprint density at radius 3 is 2.81 bits per heavy atom. The Morgan fingerprint density at radius 1 is 1.15 bits per heavy atom. The molecule has 3 aromatic rings. The number of rotatable bonds is 4. The number of nitrogens with zero attached hydrogens (tertiary/aromatic N) is 1. The van der Waals surface area contributed by atoms with E-state index in [-0.39, 0.29) is 17.6 Å². The van der Waals surface area contributed by atoms with Gasteiger partial charge in [0.15, 0.2) is 17.1 Å². The summed E-state index contributed by atoms with van der Waals surface area (Å²) in [6, 6.07) is 14.5. The highest BCUT2D eigenvalue weighted by atomic mass is 16.5. The maximum absolute atomic E-state index is 12.6. The number of furan rings is 1. The molecule has 2 heterocycles. The normalized spacial score (nSPS) is 14.4. The summed E-state index contributed by atoms with van der Waals surface area (Å²) < 4.78 is 11.0. The molecule has 2 aromatic carbocycles. The van der Waals surface area contributed by atoms with Gasteiger partial charge in [0.2, 0.25) is 5.91 Å². The zero-order valence-electron chi connectivity index (χ0n) is 15.0. The van der Waals surface area contributed by atoms with Gasteiger partial charge in [0.05, 0.1) is 7.11 Å². The molecule has 0 bridgehead atoms. The van der Waals surface area contributed by atoms with Crippen molar-refractivity contribution in [3.63, 3.8) is 0 Å². The molecule has 1 saturated heterocycles. The summed E-state index contributed by atoms with van der Waals surface area (Å²) in [5.74, 6) is 0.551. The van der Waals surface area contributed by atoms with Crippen LogP contribution in [0.25, 0.3) is 11.0 Å². The van der Waals surface area contributed by atoms with Gasteiger partial charge >= 0.3 is 0 Å². The fourth-order valence-corrected chi connectivity index (χ4v) is 3.33. The van der Waals surface area contributed by atoms with E-state index in [2.05, 4.69) is 5.32 Å². The molecule has 138 valence electrons. The Morgan fingerprint density at radius 2 is 2.00 bits per heavy atom. The lowest BCUT2D eigenvalue weighted by atomic mass is 10.1. The van der Waals surface area contributed by atoms with Crippen molar-refractivity contribution in [3.05, 3.63) is 54.3 Å². The number of nitrogens with one attached hydrogen (secondary N) is 1. The summed E-state index contributed by atoms with van der Waals surface area (Å²) in [6.07, 6.45) is 2.49. The minimum Gasteiger partial charge on any atom is -0.493 e. The van der Waals surface area contributed by atoms with Crippen molar-refractivity contribution in [3.8, 4) is 5.75 Å². The number of carbonyl (C=O) groups excluding carboxylic acids is 2. The number of para-hydroxylation sites is 1. The fourth-order valence-electron chi connectivity index (χ4n) is 3.33. The monoisotopic (exact) mass is 364 g/mol. The van der Waals surface area contributed by atoms with Crippen LogP contribution in [-0.2, 0) is 4.79 Å². The molecule has 1 fully saturated rings. The number of carbonyl (C=O) groups is 2. The molecule has 0 unspecified atom stereocenters.